The third-order valence-corrected chi connectivity index (χ3v) is 1.81. The van der Waals surface area contributed by atoms with E-state index in [4.69, 9.17) is 9.47 Å². The molecule has 0 aliphatic carbocycles. The van der Waals surface area contributed by atoms with Crippen molar-refractivity contribution >= 4 is 0 Å². The zero-order valence-electron chi connectivity index (χ0n) is 6.94. The first-order chi connectivity index (χ1) is 6.20. The maximum Gasteiger partial charge on any atom is 0.214 e. The van der Waals surface area contributed by atoms with Crippen molar-refractivity contribution in [1.82, 2.24) is 0 Å². The van der Waals surface area contributed by atoms with Gasteiger partial charge in [-0.25, -0.2) is 0 Å². The Labute approximate surface area is 74.6 Å². The molecule has 0 unspecified atom stereocenters. The summed E-state index contributed by atoms with van der Waals surface area (Å²) in [4.78, 5) is 0. The topological polar surface area (TPSA) is 58.9 Å². The molecule has 68 valence electrons. The summed E-state index contributed by atoms with van der Waals surface area (Å²) in [5.41, 5.74) is 0.537. The van der Waals surface area contributed by atoms with Crippen LogP contribution in [0.2, 0.25) is 0 Å². The van der Waals surface area contributed by atoms with Crippen molar-refractivity contribution in [3.05, 3.63) is 24.2 Å². The number of hydrogen-bond acceptors (Lipinski definition) is 4. The first kappa shape index (κ1) is 7.79. The molecule has 13 heavy (non-hydrogen) atoms. The van der Waals surface area contributed by atoms with Crippen LogP contribution >= 0.6 is 0 Å². The summed E-state index contributed by atoms with van der Waals surface area (Å²) < 4.78 is 9.97. The number of benzene rings is 1. The van der Waals surface area contributed by atoms with Gasteiger partial charge >= 0.3 is 0 Å². The third kappa shape index (κ3) is 1.07. The van der Waals surface area contributed by atoms with Gasteiger partial charge in [0.25, 0.3) is 0 Å². The van der Waals surface area contributed by atoms with E-state index in [9.17, 15) is 10.2 Å². The van der Waals surface area contributed by atoms with Crippen molar-refractivity contribution in [1.29, 1.82) is 0 Å². The molecule has 4 nitrogen and oxygen atoms in total. The molecular formula is C9H8O4. The molecule has 1 aromatic rings. The number of phenols is 2. The quantitative estimate of drug-likeness (QED) is 0.596. The third-order valence-electron chi connectivity index (χ3n) is 1.81. The molecule has 0 spiro atoms. The lowest BCUT2D eigenvalue weighted by molar-refractivity contribution is 0.320. The molecule has 1 aromatic carbocycles. The lowest BCUT2D eigenvalue weighted by Crippen LogP contribution is -1.97. The van der Waals surface area contributed by atoms with Crippen molar-refractivity contribution in [3.8, 4) is 23.0 Å². The van der Waals surface area contributed by atoms with E-state index in [1.54, 1.807) is 6.92 Å². The summed E-state index contributed by atoms with van der Waals surface area (Å²) in [5, 5.41) is 18.9. The van der Waals surface area contributed by atoms with E-state index < -0.39 is 0 Å². The van der Waals surface area contributed by atoms with Crippen LogP contribution in [0, 0.1) is 6.92 Å². The number of fused-ring (bicyclic) bond motifs is 1. The maximum atomic E-state index is 9.52. The predicted octanol–water partition coefficient (Wildman–Crippen LogP) is 1.65. The molecule has 1 aliphatic rings. The van der Waals surface area contributed by atoms with Crippen molar-refractivity contribution in [2.45, 2.75) is 6.92 Å². The molecule has 0 amide bonds. The smallest absolute Gasteiger partial charge is 0.214 e. The Balaban J connectivity index is 2.66. The lowest BCUT2D eigenvalue weighted by atomic mass is 10.2. The highest BCUT2D eigenvalue weighted by molar-refractivity contribution is 5.62. The molecular weight excluding hydrogens is 172 g/mol. The lowest BCUT2D eigenvalue weighted by Gasteiger charge is -2.15. The van der Waals surface area contributed by atoms with Crippen molar-refractivity contribution < 1.29 is 19.7 Å². The molecule has 4 heteroatoms. The Morgan fingerprint density at radius 1 is 1.08 bits per heavy atom. The molecule has 2 rings (SSSR count). The number of ether oxygens (including phenoxy) is 2. The molecule has 0 saturated heterocycles. The van der Waals surface area contributed by atoms with Crippen LogP contribution in [0.1, 0.15) is 5.56 Å². The first-order valence-corrected chi connectivity index (χ1v) is 3.74. The van der Waals surface area contributed by atoms with E-state index in [-0.39, 0.29) is 23.0 Å². The van der Waals surface area contributed by atoms with Gasteiger partial charge < -0.3 is 19.7 Å². The second-order valence-corrected chi connectivity index (χ2v) is 2.73. The molecule has 0 radical (unpaired) electrons. The van der Waals surface area contributed by atoms with E-state index in [0.29, 0.717) is 5.56 Å². The highest BCUT2D eigenvalue weighted by atomic mass is 16.6. The van der Waals surface area contributed by atoms with Crippen LogP contribution in [-0.4, -0.2) is 10.2 Å². The normalized spacial score (nSPS) is 13.0. The molecule has 0 bridgehead atoms. The highest BCUT2D eigenvalue weighted by Crippen LogP contribution is 2.46. The van der Waals surface area contributed by atoms with E-state index in [1.165, 1.54) is 18.6 Å². The fraction of sp³-hybridized carbons (Fsp3) is 0.111. The Hall–Kier alpha value is -1.84. The van der Waals surface area contributed by atoms with E-state index in [1.807, 2.05) is 0 Å². The number of aromatic hydroxyl groups is 2. The second-order valence-electron chi connectivity index (χ2n) is 2.73. The number of phenolic OH excluding ortho intramolecular Hbond substituents is 2. The first-order valence-electron chi connectivity index (χ1n) is 3.74. The van der Waals surface area contributed by atoms with Crippen LogP contribution in [0.3, 0.4) is 0 Å². The second kappa shape index (κ2) is 2.58. The average Bonchev–Trinajstić information content (AvgIpc) is 2.15. The molecule has 0 aromatic heterocycles. The fourth-order valence-corrected chi connectivity index (χ4v) is 1.16. The van der Waals surface area contributed by atoms with Gasteiger partial charge in [-0.1, -0.05) is 0 Å². The number of rotatable bonds is 0. The minimum Gasteiger partial charge on any atom is -0.504 e. The molecule has 1 aliphatic heterocycles. The van der Waals surface area contributed by atoms with Crippen LogP contribution in [0.5, 0.6) is 23.0 Å². The predicted molar refractivity (Wildman–Crippen MR) is 44.9 cm³/mol. The van der Waals surface area contributed by atoms with Gasteiger partial charge in [-0.15, -0.1) is 0 Å². The number of aryl methyl sites for hydroxylation is 1. The van der Waals surface area contributed by atoms with E-state index >= 15 is 0 Å². The van der Waals surface area contributed by atoms with Crippen LogP contribution in [0.4, 0.5) is 0 Å². The van der Waals surface area contributed by atoms with Gasteiger partial charge in [0, 0.05) is 0 Å². The molecule has 0 saturated carbocycles. The van der Waals surface area contributed by atoms with Gasteiger partial charge in [0.2, 0.25) is 11.5 Å². The summed E-state index contributed by atoms with van der Waals surface area (Å²) in [6.07, 6.45) is 2.58. The molecule has 2 N–H and O–H groups in total. The summed E-state index contributed by atoms with van der Waals surface area (Å²) >= 11 is 0. The van der Waals surface area contributed by atoms with Crippen molar-refractivity contribution in [2.75, 3.05) is 0 Å². The molecule has 0 atom stereocenters. The zero-order valence-corrected chi connectivity index (χ0v) is 6.94. The zero-order chi connectivity index (χ0) is 9.42. The van der Waals surface area contributed by atoms with Gasteiger partial charge in [-0.2, -0.15) is 0 Å². The van der Waals surface area contributed by atoms with Gasteiger partial charge in [0.1, 0.15) is 12.5 Å². The van der Waals surface area contributed by atoms with Crippen LogP contribution < -0.4 is 9.47 Å². The summed E-state index contributed by atoms with van der Waals surface area (Å²) in [6.45, 7) is 1.66. The largest absolute Gasteiger partial charge is 0.504 e. The average molecular weight is 180 g/mol. The van der Waals surface area contributed by atoms with Gasteiger partial charge in [0.15, 0.2) is 11.5 Å². The molecule has 0 fully saturated rings. The monoisotopic (exact) mass is 180 g/mol. The van der Waals surface area contributed by atoms with Crippen molar-refractivity contribution in [3.63, 3.8) is 0 Å². The van der Waals surface area contributed by atoms with Crippen molar-refractivity contribution in [2.24, 2.45) is 0 Å². The SMILES string of the molecule is Cc1cc(O)c2c(c1O)OC=CO2. The summed E-state index contributed by atoms with van der Waals surface area (Å²) in [5.74, 6) is 0.234. The van der Waals surface area contributed by atoms with Gasteiger partial charge in [0.05, 0.1) is 0 Å². The summed E-state index contributed by atoms with van der Waals surface area (Å²) in [6, 6.07) is 1.41. The fourth-order valence-electron chi connectivity index (χ4n) is 1.16. The Bertz CT molecular complexity index is 382. The standard InChI is InChI=1S/C9H8O4/c1-5-4-6(10)8-9(7(5)11)13-3-2-12-8/h2-4,10-11H,1H3. The van der Waals surface area contributed by atoms with Gasteiger partial charge in [-0.3, -0.25) is 0 Å². The maximum absolute atomic E-state index is 9.52. The number of hydrogen-bond donors (Lipinski definition) is 2. The summed E-state index contributed by atoms with van der Waals surface area (Å²) in [7, 11) is 0. The minimum absolute atomic E-state index is 0.0165. The Morgan fingerprint density at radius 2 is 1.69 bits per heavy atom. The van der Waals surface area contributed by atoms with Crippen LogP contribution in [0.25, 0.3) is 0 Å². The van der Waals surface area contributed by atoms with Crippen LogP contribution in [-0.2, 0) is 0 Å². The highest BCUT2D eigenvalue weighted by Gasteiger charge is 2.19. The molecule has 1 heterocycles. The minimum atomic E-state index is -0.0466. The van der Waals surface area contributed by atoms with Crippen LogP contribution in [0.15, 0.2) is 18.6 Å². The Morgan fingerprint density at radius 3 is 2.38 bits per heavy atom. The van der Waals surface area contributed by atoms with E-state index in [0.717, 1.165) is 0 Å². The van der Waals surface area contributed by atoms with E-state index in [2.05, 4.69) is 0 Å². The Kier molecular flexibility index (Phi) is 1.55. The van der Waals surface area contributed by atoms with Gasteiger partial charge in [-0.05, 0) is 18.6 Å².